The van der Waals surface area contributed by atoms with Gasteiger partial charge in [-0.3, -0.25) is 0 Å². The topological polar surface area (TPSA) is 45.0 Å². The minimum Gasteiger partial charge on any atom is -0.497 e. The van der Waals surface area contributed by atoms with Crippen LogP contribution in [0.2, 0.25) is 0 Å². The molecule has 1 N–H and O–H groups in total. The van der Waals surface area contributed by atoms with E-state index in [1.54, 1.807) is 7.11 Å². The maximum absolute atomic E-state index is 9.19. The fourth-order valence-corrected chi connectivity index (χ4v) is 2.09. The van der Waals surface area contributed by atoms with Crippen molar-refractivity contribution in [1.82, 2.24) is 0 Å². The summed E-state index contributed by atoms with van der Waals surface area (Å²) >= 11 is 0. The highest BCUT2D eigenvalue weighted by molar-refractivity contribution is 5.59. The summed E-state index contributed by atoms with van der Waals surface area (Å²) in [5.74, 6) is 0.842. The number of ether oxygens (including phenoxy) is 1. The van der Waals surface area contributed by atoms with Crippen molar-refractivity contribution in [3.63, 3.8) is 0 Å². The van der Waals surface area contributed by atoms with Gasteiger partial charge in [-0.15, -0.1) is 0 Å². The number of aryl methyl sites for hydroxylation is 1. The van der Waals surface area contributed by atoms with E-state index in [1.807, 2.05) is 49.4 Å². The molecule has 0 saturated heterocycles. The third-order valence-corrected chi connectivity index (χ3v) is 3.28. The Bertz CT molecular complexity index is 626. The van der Waals surface area contributed by atoms with E-state index in [-0.39, 0.29) is 6.04 Å². The Morgan fingerprint density at radius 1 is 1.15 bits per heavy atom. The van der Waals surface area contributed by atoms with Crippen molar-refractivity contribution < 1.29 is 4.74 Å². The molecule has 0 spiro atoms. The van der Waals surface area contributed by atoms with Crippen LogP contribution >= 0.6 is 0 Å². The van der Waals surface area contributed by atoms with Crippen LogP contribution in [0.15, 0.2) is 42.5 Å². The highest BCUT2D eigenvalue weighted by Crippen LogP contribution is 2.24. The molecule has 0 radical (unpaired) electrons. The number of nitrogens with one attached hydrogen (secondary N) is 1. The van der Waals surface area contributed by atoms with Gasteiger partial charge in [-0.05, 0) is 49.2 Å². The molecule has 0 amide bonds. The van der Waals surface area contributed by atoms with E-state index in [1.165, 1.54) is 0 Å². The molecule has 3 nitrogen and oxygen atoms in total. The zero-order chi connectivity index (χ0) is 14.5. The zero-order valence-electron chi connectivity index (χ0n) is 12.0. The number of nitrogens with zero attached hydrogens (tertiary/aromatic N) is 1. The maximum atomic E-state index is 9.19. The number of rotatable bonds is 4. The van der Waals surface area contributed by atoms with Gasteiger partial charge in [-0.1, -0.05) is 18.2 Å². The minimum absolute atomic E-state index is 0.121. The van der Waals surface area contributed by atoms with Crippen LogP contribution in [-0.4, -0.2) is 7.11 Å². The first kappa shape index (κ1) is 14.0. The number of hydrogen-bond donors (Lipinski definition) is 1. The first-order valence-corrected chi connectivity index (χ1v) is 6.55. The monoisotopic (exact) mass is 266 g/mol. The van der Waals surface area contributed by atoms with Gasteiger partial charge >= 0.3 is 0 Å². The summed E-state index contributed by atoms with van der Waals surface area (Å²) in [5, 5.41) is 12.6. The molecule has 0 bridgehead atoms. The molecular formula is C17H18N2O. The second-order valence-electron chi connectivity index (χ2n) is 4.80. The van der Waals surface area contributed by atoms with Crippen molar-refractivity contribution in [2.45, 2.75) is 19.9 Å². The van der Waals surface area contributed by atoms with Crippen LogP contribution in [0.3, 0.4) is 0 Å². The second kappa shape index (κ2) is 6.12. The average molecular weight is 266 g/mol. The van der Waals surface area contributed by atoms with E-state index in [0.717, 1.165) is 22.6 Å². The lowest BCUT2D eigenvalue weighted by Crippen LogP contribution is -2.07. The van der Waals surface area contributed by atoms with E-state index in [4.69, 9.17) is 4.74 Å². The van der Waals surface area contributed by atoms with Crippen molar-refractivity contribution >= 4 is 5.69 Å². The van der Waals surface area contributed by atoms with Crippen LogP contribution in [0.1, 0.15) is 29.7 Å². The van der Waals surface area contributed by atoms with Crippen molar-refractivity contribution in [3.05, 3.63) is 59.2 Å². The normalized spacial score (nSPS) is 11.5. The van der Waals surface area contributed by atoms with Crippen LogP contribution in [0.4, 0.5) is 5.69 Å². The number of methoxy groups -OCH3 is 1. The quantitative estimate of drug-likeness (QED) is 0.908. The van der Waals surface area contributed by atoms with Crippen LogP contribution in [0.5, 0.6) is 5.75 Å². The van der Waals surface area contributed by atoms with Crippen molar-refractivity contribution in [2.75, 3.05) is 12.4 Å². The summed E-state index contributed by atoms with van der Waals surface area (Å²) < 4.78 is 5.15. The Labute approximate surface area is 119 Å². The number of anilines is 1. The molecule has 0 aliphatic rings. The molecular weight excluding hydrogens is 248 g/mol. The van der Waals surface area contributed by atoms with Gasteiger partial charge in [0.2, 0.25) is 0 Å². The molecule has 0 aromatic heterocycles. The third-order valence-electron chi connectivity index (χ3n) is 3.28. The van der Waals surface area contributed by atoms with E-state index in [2.05, 4.69) is 18.3 Å². The van der Waals surface area contributed by atoms with E-state index < -0.39 is 0 Å². The molecule has 2 aromatic carbocycles. The Morgan fingerprint density at radius 2 is 1.85 bits per heavy atom. The van der Waals surface area contributed by atoms with Crippen LogP contribution < -0.4 is 10.1 Å². The standard InChI is InChI=1S/C17H18N2O/c1-12-4-9-17(15(10-12)11-18)19-13(2)14-5-7-16(20-3)8-6-14/h4-10,13,19H,1-3H3. The number of nitriles is 1. The molecule has 2 rings (SSSR count). The van der Waals surface area contributed by atoms with Crippen LogP contribution in [0.25, 0.3) is 0 Å². The smallest absolute Gasteiger partial charge is 0.118 e. The molecule has 1 unspecified atom stereocenters. The van der Waals surface area contributed by atoms with Gasteiger partial charge in [-0.2, -0.15) is 5.26 Å². The molecule has 1 atom stereocenters. The molecule has 0 aliphatic heterocycles. The van der Waals surface area contributed by atoms with Gasteiger partial charge < -0.3 is 10.1 Å². The number of hydrogen-bond acceptors (Lipinski definition) is 3. The van der Waals surface area contributed by atoms with Gasteiger partial charge in [0.15, 0.2) is 0 Å². The lowest BCUT2D eigenvalue weighted by atomic mass is 10.1. The first-order chi connectivity index (χ1) is 9.63. The van der Waals surface area contributed by atoms with Crippen LogP contribution in [0, 0.1) is 18.3 Å². The van der Waals surface area contributed by atoms with Crippen molar-refractivity contribution in [2.24, 2.45) is 0 Å². The Morgan fingerprint density at radius 3 is 2.45 bits per heavy atom. The fourth-order valence-electron chi connectivity index (χ4n) is 2.09. The molecule has 2 aromatic rings. The summed E-state index contributed by atoms with van der Waals surface area (Å²) in [5.41, 5.74) is 3.77. The van der Waals surface area contributed by atoms with E-state index in [9.17, 15) is 5.26 Å². The summed E-state index contributed by atoms with van der Waals surface area (Å²) in [6.45, 7) is 4.06. The Kier molecular flexibility index (Phi) is 4.27. The van der Waals surface area contributed by atoms with E-state index in [0.29, 0.717) is 5.56 Å². The van der Waals surface area contributed by atoms with Crippen LogP contribution in [-0.2, 0) is 0 Å². The highest BCUT2D eigenvalue weighted by Gasteiger charge is 2.08. The summed E-state index contributed by atoms with van der Waals surface area (Å²) in [6.07, 6.45) is 0. The molecule has 0 fully saturated rings. The summed E-state index contributed by atoms with van der Waals surface area (Å²) in [6, 6.07) is 16.1. The van der Waals surface area contributed by atoms with Crippen molar-refractivity contribution in [3.8, 4) is 11.8 Å². The van der Waals surface area contributed by atoms with Gasteiger partial charge in [0, 0.05) is 6.04 Å². The molecule has 102 valence electrons. The van der Waals surface area contributed by atoms with Gasteiger partial charge in [0.1, 0.15) is 11.8 Å². The minimum atomic E-state index is 0.121. The average Bonchev–Trinajstić information content (AvgIpc) is 2.49. The highest BCUT2D eigenvalue weighted by atomic mass is 16.5. The lowest BCUT2D eigenvalue weighted by molar-refractivity contribution is 0.414. The fraction of sp³-hybridized carbons (Fsp3) is 0.235. The molecule has 0 saturated carbocycles. The SMILES string of the molecule is COc1ccc(C(C)Nc2ccc(C)cc2C#N)cc1. The van der Waals surface area contributed by atoms with E-state index >= 15 is 0 Å². The summed E-state index contributed by atoms with van der Waals surface area (Å²) in [7, 11) is 1.65. The number of benzene rings is 2. The summed E-state index contributed by atoms with van der Waals surface area (Å²) in [4.78, 5) is 0. The van der Waals surface area contributed by atoms with Gasteiger partial charge in [0.05, 0.1) is 18.4 Å². The Hall–Kier alpha value is -2.47. The molecule has 20 heavy (non-hydrogen) atoms. The third kappa shape index (κ3) is 3.10. The predicted molar refractivity (Wildman–Crippen MR) is 80.9 cm³/mol. The molecule has 0 heterocycles. The Balaban J connectivity index is 2.18. The zero-order valence-corrected chi connectivity index (χ0v) is 12.0. The lowest BCUT2D eigenvalue weighted by Gasteiger charge is -2.17. The largest absolute Gasteiger partial charge is 0.497 e. The predicted octanol–water partition coefficient (Wildman–Crippen LogP) is 4.05. The second-order valence-corrected chi connectivity index (χ2v) is 4.80. The molecule has 3 heteroatoms. The van der Waals surface area contributed by atoms with Gasteiger partial charge in [-0.25, -0.2) is 0 Å². The molecule has 0 aliphatic carbocycles. The first-order valence-electron chi connectivity index (χ1n) is 6.55. The maximum Gasteiger partial charge on any atom is 0.118 e. The van der Waals surface area contributed by atoms with Crippen molar-refractivity contribution in [1.29, 1.82) is 5.26 Å². The van der Waals surface area contributed by atoms with Gasteiger partial charge in [0.25, 0.3) is 0 Å².